The summed E-state index contributed by atoms with van der Waals surface area (Å²) in [6, 6.07) is 20.9. The predicted octanol–water partition coefficient (Wildman–Crippen LogP) is 7.30. The molecule has 1 heterocycles. The normalized spacial score (nSPS) is 15.0. The van der Waals surface area contributed by atoms with Gasteiger partial charge in [0.2, 0.25) is 10.0 Å². The van der Waals surface area contributed by atoms with Crippen molar-refractivity contribution in [3.8, 4) is 22.6 Å². The molecule has 0 spiro atoms. The first-order valence-corrected chi connectivity index (χ1v) is 18.2. The molecule has 1 saturated heterocycles. The van der Waals surface area contributed by atoms with Crippen LogP contribution in [0.4, 0.5) is 24.5 Å². The fraction of sp³-hybridized carbons (Fsp3) is 0.324. The van der Waals surface area contributed by atoms with Crippen molar-refractivity contribution in [1.29, 1.82) is 0 Å². The number of para-hydroxylation sites is 2. The van der Waals surface area contributed by atoms with Gasteiger partial charge >= 0.3 is 6.18 Å². The first-order chi connectivity index (χ1) is 24.8. The molecule has 1 N–H and O–H groups in total. The molecule has 11 nitrogen and oxygen atoms in total. The van der Waals surface area contributed by atoms with Crippen LogP contribution in [0.1, 0.15) is 48.7 Å². The minimum Gasteiger partial charge on any atom is -0.494 e. The monoisotopic (exact) mass is 740 g/mol. The number of ether oxygens (including phenoxy) is 2. The Morgan fingerprint density at radius 3 is 2.35 bits per heavy atom. The second-order valence-electron chi connectivity index (χ2n) is 12.0. The molecular weight excluding hydrogens is 701 g/mol. The van der Waals surface area contributed by atoms with Gasteiger partial charge in [-0.25, -0.2) is 13.1 Å². The van der Waals surface area contributed by atoms with Crippen molar-refractivity contribution in [2.45, 2.75) is 50.9 Å². The second-order valence-corrected chi connectivity index (χ2v) is 13.7. The fourth-order valence-corrected chi connectivity index (χ4v) is 7.50. The van der Waals surface area contributed by atoms with Gasteiger partial charge in [-0.2, -0.15) is 13.2 Å². The average Bonchev–Trinajstić information content (AvgIpc) is 3.13. The van der Waals surface area contributed by atoms with Crippen molar-refractivity contribution >= 4 is 27.3 Å². The molecule has 1 amide bonds. The van der Waals surface area contributed by atoms with Crippen LogP contribution >= 0.6 is 0 Å². The highest BCUT2D eigenvalue weighted by molar-refractivity contribution is 7.89. The maximum atomic E-state index is 14.1. The Bertz CT molecular complexity index is 2040. The summed E-state index contributed by atoms with van der Waals surface area (Å²) in [5.74, 6) is -0.121. The lowest BCUT2D eigenvalue weighted by atomic mass is 9.98. The number of nitrogens with one attached hydrogen (secondary N) is 1. The fourth-order valence-electron chi connectivity index (χ4n) is 6.32. The van der Waals surface area contributed by atoms with E-state index in [0.717, 1.165) is 35.4 Å². The summed E-state index contributed by atoms with van der Waals surface area (Å²) < 4.78 is 82.8. The first kappa shape index (κ1) is 38.1. The lowest BCUT2D eigenvalue weighted by Crippen LogP contribution is -2.55. The van der Waals surface area contributed by atoms with Gasteiger partial charge < -0.3 is 19.3 Å². The van der Waals surface area contributed by atoms with E-state index in [1.54, 1.807) is 6.92 Å². The number of halogens is 3. The Morgan fingerprint density at radius 1 is 0.942 bits per heavy atom. The number of piperazine rings is 1. The number of amides is 1. The minimum atomic E-state index is -4.78. The molecule has 0 aromatic heterocycles. The smallest absolute Gasteiger partial charge is 0.417 e. The van der Waals surface area contributed by atoms with Gasteiger partial charge in [-0.1, -0.05) is 43.3 Å². The zero-order valence-electron chi connectivity index (χ0n) is 28.9. The highest BCUT2D eigenvalue weighted by Crippen LogP contribution is 2.38. The minimum absolute atomic E-state index is 0.0139. The second kappa shape index (κ2) is 16.0. The van der Waals surface area contributed by atoms with Crippen molar-refractivity contribution < 1.29 is 40.8 Å². The molecule has 4 aromatic carbocycles. The lowest BCUT2D eigenvalue weighted by Gasteiger charge is -2.43. The van der Waals surface area contributed by atoms with Crippen LogP contribution in [0.25, 0.3) is 11.1 Å². The van der Waals surface area contributed by atoms with Gasteiger partial charge in [0.1, 0.15) is 11.5 Å². The average molecular weight is 741 g/mol. The molecule has 4 aromatic rings. The number of nitro groups is 1. The molecule has 0 unspecified atom stereocenters. The van der Waals surface area contributed by atoms with Crippen LogP contribution in [-0.2, 0) is 22.7 Å². The van der Waals surface area contributed by atoms with E-state index in [0.29, 0.717) is 30.0 Å². The summed E-state index contributed by atoms with van der Waals surface area (Å²) in [4.78, 5) is 27.5. The van der Waals surface area contributed by atoms with Crippen LogP contribution in [0.15, 0.2) is 89.8 Å². The Hall–Kier alpha value is -5.15. The maximum absolute atomic E-state index is 14.1. The van der Waals surface area contributed by atoms with Crippen molar-refractivity contribution in [2.24, 2.45) is 0 Å². The summed E-state index contributed by atoms with van der Waals surface area (Å²) in [6.45, 7) is 6.18. The van der Waals surface area contributed by atoms with E-state index in [9.17, 15) is 36.5 Å². The quantitative estimate of drug-likeness (QED) is 0.112. The van der Waals surface area contributed by atoms with E-state index in [2.05, 4.69) is 4.72 Å². The van der Waals surface area contributed by atoms with Gasteiger partial charge in [-0.05, 0) is 73.9 Å². The molecule has 1 atom stereocenters. The number of sulfonamides is 1. The first-order valence-electron chi connectivity index (χ1n) is 16.8. The van der Waals surface area contributed by atoms with E-state index < -0.39 is 48.7 Å². The number of benzene rings is 4. The molecule has 0 saturated carbocycles. The molecule has 15 heteroatoms. The number of hydrogen-bond acceptors (Lipinski definition) is 8. The molecule has 5 rings (SSSR count). The maximum Gasteiger partial charge on any atom is 0.417 e. The van der Waals surface area contributed by atoms with Crippen LogP contribution in [0.5, 0.6) is 11.5 Å². The van der Waals surface area contributed by atoms with E-state index >= 15 is 0 Å². The number of anilines is 1. The Kier molecular flexibility index (Phi) is 11.7. The Labute approximate surface area is 300 Å². The third kappa shape index (κ3) is 8.31. The van der Waals surface area contributed by atoms with Gasteiger partial charge in [0.05, 0.1) is 29.3 Å². The molecule has 52 heavy (non-hydrogen) atoms. The Morgan fingerprint density at radius 2 is 1.65 bits per heavy atom. The molecular formula is C37H39F3N4O7S. The number of carbonyl (C=O) groups is 1. The van der Waals surface area contributed by atoms with Gasteiger partial charge in [-0.3, -0.25) is 14.9 Å². The third-order valence-electron chi connectivity index (χ3n) is 8.77. The standard InChI is InChI=1S/C37H39F3N4O7S/c1-4-27-24-42(36(45)30-17-16-28(50-5-2)22-31(30)37(38,39)40)19-20-43(27)32-18-15-25(29-11-7-9-13-34(29)51-6-3)21-26(32)23-41-52(48,49)35-14-10-8-12-33(35)44(46)47/h7-18,21-22,27,41H,4-6,19-20,23-24H2,1-3H3/t27-/m1/s1. The largest absolute Gasteiger partial charge is 0.494 e. The van der Waals surface area contributed by atoms with E-state index in [4.69, 9.17) is 9.47 Å². The number of rotatable bonds is 13. The Balaban J connectivity index is 1.49. The number of carbonyl (C=O) groups excluding carboxylic acids is 1. The molecule has 0 aliphatic carbocycles. The van der Waals surface area contributed by atoms with Crippen LogP contribution in [0.2, 0.25) is 0 Å². The van der Waals surface area contributed by atoms with Crippen LogP contribution in [0, 0.1) is 10.1 Å². The summed E-state index contributed by atoms with van der Waals surface area (Å²) in [5, 5.41) is 11.6. The summed E-state index contributed by atoms with van der Waals surface area (Å²) in [6.07, 6.45) is -4.27. The van der Waals surface area contributed by atoms with Crippen LogP contribution in [0.3, 0.4) is 0 Å². The molecule has 1 aliphatic rings. The van der Waals surface area contributed by atoms with Crippen molar-refractivity contribution in [3.63, 3.8) is 0 Å². The SMILES string of the molecule is CCOc1ccc(C(=O)N2CCN(c3ccc(-c4ccccc4OCC)cc3CNS(=O)(=O)c3ccccc3[N+](=O)[O-])[C@H](CC)C2)c(C(F)(F)F)c1. The number of nitrogens with zero attached hydrogens (tertiary/aromatic N) is 3. The highest BCUT2D eigenvalue weighted by atomic mass is 32.2. The predicted molar refractivity (Wildman–Crippen MR) is 190 cm³/mol. The zero-order valence-corrected chi connectivity index (χ0v) is 29.7. The molecule has 0 bridgehead atoms. The number of hydrogen-bond donors (Lipinski definition) is 1. The summed E-state index contributed by atoms with van der Waals surface area (Å²) >= 11 is 0. The molecule has 1 aliphatic heterocycles. The van der Waals surface area contributed by atoms with Gasteiger partial charge in [0.15, 0.2) is 4.90 Å². The highest BCUT2D eigenvalue weighted by Gasteiger charge is 2.38. The molecule has 0 radical (unpaired) electrons. The van der Waals surface area contributed by atoms with Gasteiger partial charge in [-0.15, -0.1) is 0 Å². The molecule has 1 fully saturated rings. The van der Waals surface area contributed by atoms with Crippen molar-refractivity contribution in [1.82, 2.24) is 9.62 Å². The van der Waals surface area contributed by atoms with Crippen LogP contribution in [-0.4, -0.2) is 63.0 Å². The van der Waals surface area contributed by atoms with E-state index in [1.165, 1.54) is 23.1 Å². The lowest BCUT2D eigenvalue weighted by molar-refractivity contribution is -0.387. The van der Waals surface area contributed by atoms with Crippen molar-refractivity contribution in [3.05, 3.63) is 112 Å². The van der Waals surface area contributed by atoms with E-state index in [1.807, 2.05) is 61.2 Å². The zero-order chi connectivity index (χ0) is 37.6. The summed E-state index contributed by atoms with van der Waals surface area (Å²) in [7, 11) is -4.36. The van der Waals surface area contributed by atoms with Gasteiger partial charge in [0, 0.05) is 49.5 Å². The van der Waals surface area contributed by atoms with Gasteiger partial charge in [0.25, 0.3) is 11.6 Å². The topological polar surface area (TPSA) is 131 Å². The van der Waals surface area contributed by atoms with E-state index in [-0.39, 0.29) is 44.6 Å². The van der Waals surface area contributed by atoms with Crippen LogP contribution < -0.4 is 19.1 Å². The molecule has 276 valence electrons. The van der Waals surface area contributed by atoms with Crippen molar-refractivity contribution in [2.75, 3.05) is 37.7 Å². The summed E-state index contributed by atoms with van der Waals surface area (Å²) in [5.41, 5.74) is 0.551. The number of alkyl halides is 3. The number of nitro benzene ring substituents is 1. The third-order valence-corrected chi connectivity index (χ3v) is 10.2.